The van der Waals surface area contributed by atoms with Gasteiger partial charge in [0.15, 0.2) is 17.2 Å². The van der Waals surface area contributed by atoms with Crippen molar-refractivity contribution in [3.63, 3.8) is 0 Å². The van der Waals surface area contributed by atoms with Crippen LogP contribution >= 0.6 is 11.8 Å². The molecule has 2 fully saturated rings. The van der Waals surface area contributed by atoms with E-state index in [1.54, 1.807) is 0 Å². The van der Waals surface area contributed by atoms with Crippen LogP contribution in [0.15, 0.2) is 4.52 Å². The first-order chi connectivity index (χ1) is 10.2. The van der Waals surface area contributed by atoms with E-state index in [0.29, 0.717) is 13.2 Å². The predicted molar refractivity (Wildman–Crippen MR) is 76.0 cm³/mol. The number of hydrogen-bond donors (Lipinski definition) is 1. The average Bonchev–Trinajstić information content (AvgIpc) is 3.11. The molecule has 7 heteroatoms. The van der Waals surface area contributed by atoms with Crippen LogP contribution in [-0.2, 0) is 20.6 Å². The molecule has 1 aliphatic carbocycles. The molecule has 2 spiro atoms. The summed E-state index contributed by atoms with van der Waals surface area (Å²) in [5.74, 6) is 0.606. The summed E-state index contributed by atoms with van der Waals surface area (Å²) in [5.41, 5.74) is 6.53. The fourth-order valence-electron chi connectivity index (χ4n) is 3.88. The number of carbonyl (C=O) groups excluding carboxylic acids is 1. The average molecular weight is 310 g/mol. The Hall–Kier alpha value is -1.05. The molecule has 1 unspecified atom stereocenters. The maximum atomic E-state index is 11.5. The molecule has 4 rings (SSSR count). The molecule has 1 amide bonds. The van der Waals surface area contributed by atoms with Crippen LogP contribution in [0.4, 0.5) is 0 Å². The van der Waals surface area contributed by atoms with Gasteiger partial charge in [0.05, 0.1) is 13.2 Å². The molecule has 6 nitrogen and oxygen atoms in total. The molecule has 1 aromatic heterocycles. The van der Waals surface area contributed by atoms with Crippen LogP contribution in [0.2, 0.25) is 0 Å². The molecule has 0 radical (unpaired) electrons. The monoisotopic (exact) mass is 310 g/mol. The summed E-state index contributed by atoms with van der Waals surface area (Å²) in [5, 5.41) is 3.93. The van der Waals surface area contributed by atoms with Gasteiger partial charge in [-0.15, -0.1) is 11.8 Å². The normalized spacial score (nSPS) is 30.7. The van der Waals surface area contributed by atoms with Gasteiger partial charge in [-0.25, -0.2) is 0 Å². The van der Waals surface area contributed by atoms with Crippen LogP contribution in [0, 0.1) is 0 Å². The standard InChI is InChI=1S/C14H18N2O4S/c15-12(17)10-9-3-1-4-13(11(9)20-16-10)14(5-2-8-21-13)18-6-7-19-14/h1-8H2,(H2,15,17). The summed E-state index contributed by atoms with van der Waals surface area (Å²) in [7, 11) is 0. The van der Waals surface area contributed by atoms with Gasteiger partial charge in [0.1, 0.15) is 4.75 Å². The van der Waals surface area contributed by atoms with Crippen molar-refractivity contribution in [2.75, 3.05) is 19.0 Å². The summed E-state index contributed by atoms with van der Waals surface area (Å²) in [6.45, 7) is 1.21. The number of aromatic nitrogens is 1. The number of nitrogens with zero attached hydrogens (tertiary/aromatic N) is 1. The third kappa shape index (κ3) is 1.74. The molecule has 21 heavy (non-hydrogen) atoms. The van der Waals surface area contributed by atoms with E-state index in [2.05, 4.69) is 5.16 Å². The minimum absolute atomic E-state index is 0.267. The van der Waals surface area contributed by atoms with Crippen LogP contribution < -0.4 is 5.73 Å². The highest BCUT2D eigenvalue weighted by Gasteiger charge is 2.62. The number of ether oxygens (including phenoxy) is 2. The summed E-state index contributed by atoms with van der Waals surface area (Å²) in [6, 6.07) is 0. The first-order valence-corrected chi connectivity index (χ1v) is 8.38. The zero-order valence-electron chi connectivity index (χ0n) is 11.7. The van der Waals surface area contributed by atoms with E-state index in [1.807, 2.05) is 11.8 Å². The van der Waals surface area contributed by atoms with Crippen LogP contribution in [0.3, 0.4) is 0 Å². The van der Waals surface area contributed by atoms with Crippen LogP contribution in [0.1, 0.15) is 47.5 Å². The lowest BCUT2D eigenvalue weighted by Crippen LogP contribution is -2.54. The number of fused-ring (bicyclic) bond motifs is 3. The van der Waals surface area contributed by atoms with Crippen molar-refractivity contribution in [1.82, 2.24) is 5.16 Å². The van der Waals surface area contributed by atoms with Gasteiger partial charge in [0.25, 0.3) is 5.91 Å². The van der Waals surface area contributed by atoms with E-state index in [9.17, 15) is 4.79 Å². The van der Waals surface area contributed by atoms with Crippen LogP contribution in [0.25, 0.3) is 0 Å². The summed E-state index contributed by atoms with van der Waals surface area (Å²) >= 11 is 1.81. The minimum atomic E-state index is -0.639. The number of primary amides is 1. The van der Waals surface area contributed by atoms with E-state index in [4.69, 9.17) is 19.7 Å². The molecule has 114 valence electrons. The van der Waals surface area contributed by atoms with Crippen LogP contribution in [-0.4, -0.2) is 35.8 Å². The molecule has 0 aromatic carbocycles. The Morgan fingerprint density at radius 1 is 1.24 bits per heavy atom. The molecule has 2 N–H and O–H groups in total. The molecule has 2 saturated heterocycles. The largest absolute Gasteiger partial charge is 0.364 e. The predicted octanol–water partition coefficient (Wildman–Crippen LogP) is 1.58. The Morgan fingerprint density at radius 3 is 2.81 bits per heavy atom. The number of nitrogens with two attached hydrogens (primary N) is 1. The smallest absolute Gasteiger partial charge is 0.271 e. The summed E-state index contributed by atoms with van der Waals surface area (Å²) < 4.78 is 17.3. The number of amides is 1. The molecule has 3 aliphatic rings. The lowest BCUT2D eigenvalue weighted by molar-refractivity contribution is -0.199. The highest BCUT2D eigenvalue weighted by Crippen LogP contribution is 2.60. The minimum Gasteiger partial charge on any atom is -0.364 e. The second kappa shape index (κ2) is 4.72. The van der Waals surface area contributed by atoms with E-state index in [0.717, 1.165) is 49.2 Å². The topological polar surface area (TPSA) is 87.6 Å². The quantitative estimate of drug-likeness (QED) is 0.847. The van der Waals surface area contributed by atoms with Gasteiger partial charge < -0.3 is 19.7 Å². The molecule has 3 heterocycles. The Balaban J connectivity index is 1.87. The first kappa shape index (κ1) is 13.6. The number of hydrogen-bond acceptors (Lipinski definition) is 6. The maximum absolute atomic E-state index is 11.5. The second-order valence-corrected chi connectivity index (χ2v) is 7.18. The molecule has 1 aromatic rings. The second-order valence-electron chi connectivity index (χ2n) is 5.79. The van der Waals surface area contributed by atoms with E-state index >= 15 is 0 Å². The highest BCUT2D eigenvalue weighted by molar-refractivity contribution is 8.00. The molecule has 0 saturated carbocycles. The third-order valence-corrected chi connectivity index (χ3v) is 6.40. The first-order valence-electron chi connectivity index (χ1n) is 7.39. The van der Waals surface area contributed by atoms with Crippen molar-refractivity contribution in [1.29, 1.82) is 0 Å². The van der Waals surface area contributed by atoms with Gasteiger partial charge in [-0.3, -0.25) is 4.79 Å². The fourth-order valence-corrected chi connectivity index (χ4v) is 5.53. The maximum Gasteiger partial charge on any atom is 0.271 e. The van der Waals surface area contributed by atoms with Gasteiger partial charge in [0.2, 0.25) is 0 Å². The Labute approximate surface area is 126 Å². The molecular weight excluding hydrogens is 292 g/mol. The zero-order valence-corrected chi connectivity index (χ0v) is 12.5. The lowest BCUT2D eigenvalue weighted by atomic mass is 9.79. The molecule has 2 aliphatic heterocycles. The van der Waals surface area contributed by atoms with Crippen molar-refractivity contribution >= 4 is 17.7 Å². The summed E-state index contributed by atoms with van der Waals surface area (Å²) in [6.07, 6.45) is 4.55. The Bertz CT molecular complexity index is 582. The summed E-state index contributed by atoms with van der Waals surface area (Å²) in [4.78, 5) is 11.5. The number of thioether (sulfide) groups is 1. The highest BCUT2D eigenvalue weighted by atomic mass is 32.2. The molecule has 1 atom stereocenters. The lowest BCUT2D eigenvalue weighted by Gasteiger charge is -2.49. The van der Waals surface area contributed by atoms with Gasteiger partial charge in [-0.05, 0) is 31.4 Å². The Kier molecular flexibility index (Phi) is 3.06. The third-order valence-electron chi connectivity index (χ3n) is 4.71. The van der Waals surface area contributed by atoms with E-state index in [1.165, 1.54) is 0 Å². The van der Waals surface area contributed by atoms with E-state index < -0.39 is 16.4 Å². The van der Waals surface area contributed by atoms with Crippen molar-refractivity contribution < 1.29 is 18.8 Å². The van der Waals surface area contributed by atoms with Crippen molar-refractivity contribution in [3.05, 3.63) is 17.0 Å². The number of carbonyl (C=O) groups is 1. The fraction of sp³-hybridized carbons (Fsp3) is 0.714. The Morgan fingerprint density at radius 2 is 2.05 bits per heavy atom. The van der Waals surface area contributed by atoms with Gasteiger partial charge in [0, 0.05) is 12.0 Å². The zero-order chi connectivity index (χ0) is 14.5. The molecule has 0 bridgehead atoms. The van der Waals surface area contributed by atoms with E-state index in [-0.39, 0.29) is 5.69 Å². The van der Waals surface area contributed by atoms with Crippen LogP contribution in [0.5, 0.6) is 0 Å². The SMILES string of the molecule is NC(=O)c1noc2c1CCCC21SCCCC12OCCO2. The number of rotatable bonds is 1. The van der Waals surface area contributed by atoms with Crippen molar-refractivity contribution in [2.24, 2.45) is 5.73 Å². The molecular formula is C14H18N2O4S. The van der Waals surface area contributed by atoms with Crippen molar-refractivity contribution in [2.45, 2.75) is 42.6 Å². The van der Waals surface area contributed by atoms with Crippen molar-refractivity contribution in [3.8, 4) is 0 Å². The van der Waals surface area contributed by atoms with Gasteiger partial charge in [-0.2, -0.15) is 0 Å². The van der Waals surface area contributed by atoms with Gasteiger partial charge in [-0.1, -0.05) is 5.16 Å². The van der Waals surface area contributed by atoms with Gasteiger partial charge >= 0.3 is 0 Å².